The summed E-state index contributed by atoms with van der Waals surface area (Å²) in [6.45, 7) is 3.67. The third kappa shape index (κ3) is 2.31. The maximum atomic E-state index is 11.4. The number of ether oxygens (including phenoxy) is 2. The van der Waals surface area contributed by atoms with Crippen molar-refractivity contribution < 1.29 is 14.4 Å². The van der Waals surface area contributed by atoms with Crippen LogP contribution in [0.15, 0.2) is 18.2 Å². The van der Waals surface area contributed by atoms with Gasteiger partial charge in [0.1, 0.15) is 5.69 Å². The monoisotopic (exact) mass is 278 g/mol. The van der Waals surface area contributed by atoms with E-state index in [1.165, 1.54) is 0 Å². The lowest BCUT2D eigenvalue weighted by molar-refractivity contribution is -0.385. The van der Waals surface area contributed by atoms with E-state index in [1.54, 1.807) is 12.1 Å². The lowest BCUT2D eigenvalue weighted by atomic mass is 10.2. The minimum Gasteiger partial charge on any atom is -0.487 e. The Hall–Kier alpha value is -1.82. The molecule has 2 aliphatic heterocycles. The predicted molar refractivity (Wildman–Crippen MR) is 74.4 cm³/mol. The second-order valence-electron chi connectivity index (χ2n) is 5.18. The molecular weight excluding hydrogens is 260 g/mol. The van der Waals surface area contributed by atoms with Gasteiger partial charge >= 0.3 is 5.69 Å². The smallest absolute Gasteiger partial charge is 0.333 e. The number of rotatable bonds is 4. The zero-order valence-corrected chi connectivity index (χ0v) is 11.4. The van der Waals surface area contributed by atoms with E-state index < -0.39 is 0 Å². The van der Waals surface area contributed by atoms with Crippen LogP contribution in [0.5, 0.6) is 5.75 Å². The first-order valence-corrected chi connectivity index (χ1v) is 6.99. The van der Waals surface area contributed by atoms with Crippen LogP contribution < -0.4 is 9.64 Å². The van der Waals surface area contributed by atoms with Crippen LogP contribution in [0.3, 0.4) is 0 Å². The maximum absolute atomic E-state index is 11.4. The van der Waals surface area contributed by atoms with Crippen molar-refractivity contribution >= 4 is 11.4 Å². The third-order valence-electron chi connectivity index (χ3n) is 3.84. The van der Waals surface area contributed by atoms with Crippen molar-refractivity contribution in [1.82, 2.24) is 0 Å². The number of fused-ring (bicyclic) bond motifs is 2. The minimum absolute atomic E-state index is 0.0654. The van der Waals surface area contributed by atoms with Gasteiger partial charge in [0.25, 0.3) is 0 Å². The quantitative estimate of drug-likeness (QED) is 0.625. The van der Waals surface area contributed by atoms with E-state index in [2.05, 4.69) is 4.90 Å². The van der Waals surface area contributed by atoms with Gasteiger partial charge in [-0.3, -0.25) is 10.1 Å². The summed E-state index contributed by atoms with van der Waals surface area (Å²) in [6, 6.07) is 5.26. The number of nitro groups is 1. The van der Waals surface area contributed by atoms with Crippen molar-refractivity contribution in [2.75, 3.05) is 24.6 Å². The van der Waals surface area contributed by atoms with Gasteiger partial charge in [-0.05, 0) is 31.9 Å². The Bertz CT molecular complexity index is 508. The number of para-hydroxylation sites is 1. The van der Waals surface area contributed by atoms with Crippen LogP contribution in [-0.4, -0.2) is 36.8 Å². The zero-order chi connectivity index (χ0) is 14.1. The Balaban J connectivity index is 1.96. The van der Waals surface area contributed by atoms with E-state index in [1.807, 2.05) is 13.0 Å². The first-order valence-electron chi connectivity index (χ1n) is 6.99. The van der Waals surface area contributed by atoms with Crippen molar-refractivity contribution in [3.8, 4) is 5.75 Å². The molecule has 0 saturated carbocycles. The average molecular weight is 278 g/mol. The number of nitrogens with zero attached hydrogens (tertiary/aromatic N) is 2. The van der Waals surface area contributed by atoms with E-state index >= 15 is 0 Å². The van der Waals surface area contributed by atoms with Gasteiger partial charge < -0.3 is 14.4 Å². The molecule has 0 N–H and O–H groups in total. The molecule has 2 unspecified atom stereocenters. The summed E-state index contributed by atoms with van der Waals surface area (Å²) >= 11 is 0. The largest absolute Gasteiger partial charge is 0.487 e. The Morgan fingerprint density at radius 2 is 2.10 bits per heavy atom. The van der Waals surface area contributed by atoms with Gasteiger partial charge in [0, 0.05) is 13.1 Å². The molecule has 20 heavy (non-hydrogen) atoms. The highest BCUT2D eigenvalue weighted by Crippen LogP contribution is 2.39. The molecule has 2 atom stereocenters. The van der Waals surface area contributed by atoms with Crippen LogP contribution in [0.25, 0.3) is 0 Å². The summed E-state index contributed by atoms with van der Waals surface area (Å²) in [7, 11) is 0. The molecule has 1 aromatic carbocycles. The molecule has 0 amide bonds. The molecule has 3 rings (SSSR count). The second kappa shape index (κ2) is 5.28. The lowest BCUT2D eigenvalue weighted by Gasteiger charge is -2.33. The fourth-order valence-electron chi connectivity index (χ4n) is 3.03. The van der Waals surface area contributed by atoms with Crippen LogP contribution in [0.1, 0.15) is 19.8 Å². The molecule has 108 valence electrons. The van der Waals surface area contributed by atoms with Gasteiger partial charge in [0.2, 0.25) is 0 Å². The number of hydrogen-bond donors (Lipinski definition) is 0. The molecule has 0 aliphatic carbocycles. The maximum Gasteiger partial charge on any atom is 0.333 e. The van der Waals surface area contributed by atoms with E-state index in [4.69, 9.17) is 9.47 Å². The molecule has 0 radical (unpaired) electrons. The number of anilines is 1. The van der Waals surface area contributed by atoms with Gasteiger partial charge in [0.15, 0.2) is 5.75 Å². The molecule has 6 heteroatoms. The minimum atomic E-state index is -0.350. The molecule has 1 aromatic rings. The zero-order valence-electron chi connectivity index (χ0n) is 11.4. The summed E-state index contributed by atoms with van der Waals surface area (Å²) in [4.78, 5) is 13.1. The number of benzene rings is 1. The highest BCUT2D eigenvalue weighted by molar-refractivity contribution is 5.70. The molecule has 2 fully saturated rings. The first-order chi connectivity index (χ1) is 9.69. The van der Waals surface area contributed by atoms with Crippen molar-refractivity contribution in [2.45, 2.75) is 32.0 Å². The average Bonchev–Trinajstić information content (AvgIpc) is 2.77. The standard InChI is InChI=1S/C14H18N2O4/c1-2-19-13-5-3-4-12(14(13)16(17)18)15-8-10-6-7-11(9-15)20-10/h3-5,10-11H,2,6-9H2,1H3. The second-order valence-corrected chi connectivity index (χ2v) is 5.18. The van der Waals surface area contributed by atoms with Crippen LogP contribution in [0, 0.1) is 10.1 Å². The lowest BCUT2D eigenvalue weighted by Crippen LogP contribution is -2.42. The first kappa shape index (κ1) is 13.2. The predicted octanol–water partition coefficient (Wildman–Crippen LogP) is 2.36. The topological polar surface area (TPSA) is 64.8 Å². The number of nitro benzene ring substituents is 1. The highest BCUT2D eigenvalue weighted by atomic mass is 16.6. The van der Waals surface area contributed by atoms with E-state index in [0.29, 0.717) is 31.1 Å². The Kier molecular flexibility index (Phi) is 3.48. The highest BCUT2D eigenvalue weighted by Gasteiger charge is 2.36. The molecule has 2 bridgehead atoms. The Morgan fingerprint density at radius 1 is 1.40 bits per heavy atom. The van der Waals surface area contributed by atoms with Crippen molar-refractivity contribution in [2.24, 2.45) is 0 Å². The van der Waals surface area contributed by atoms with Gasteiger partial charge in [0.05, 0.1) is 23.7 Å². The summed E-state index contributed by atoms with van der Waals surface area (Å²) in [6.07, 6.45) is 2.48. The molecule has 0 aromatic heterocycles. The normalized spacial score (nSPS) is 24.8. The Morgan fingerprint density at radius 3 is 2.70 bits per heavy atom. The number of hydrogen-bond acceptors (Lipinski definition) is 5. The fraction of sp³-hybridized carbons (Fsp3) is 0.571. The van der Waals surface area contributed by atoms with Gasteiger partial charge in [-0.25, -0.2) is 0 Å². The van der Waals surface area contributed by atoms with Gasteiger partial charge in [-0.1, -0.05) is 6.07 Å². The Labute approximate surface area is 117 Å². The summed E-state index contributed by atoms with van der Waals surface area (Å²) < 4.78 is 11.2. The molecule has 2 aliphatic rings. The number of morpholine rings is 1. The van der Waals surface area contributed by atoms with Crippen molar-refractivity contribution in [1.29, 1.82) is 0 Å². The third-order valence-corrected chi connectivity index (χ3v) is 3.84. The SMILES string of the molecule is CCOc1cccc(N2CC3CCC(C2)O3)c1[N+](=O)[O-]. The van der Waals surface area contributed by atoms with Crippen molar-refractivity contribution in [3.63, 3.8) is 0 Å². The van der Waals surface area contributed by atoms with E-state index in [0.717, 1.165) is 12.8 Å². The summed E-state index contributed by atoms with van der Waals surface area (Å²) in [5, 5.41) is 11.4. The molecule has 2 saturated heterocycles. The molecule has 6 nitrogen and oxygen atoms in total. The van der Waals surface area contributed by atoms with Gasteiger partial charge in [-0.2, -0.15) is 0 Å². The summed E-state index contributed by atoms with van der Waals surface area (Å²) in [5.41, 5.74) is 0.705. The molecular formula is C14H18N2O4. The van der Waals surface area contributed by atoms with Crippen LogP contribution in [0.4, 0.5) is 11.4 Å². The van der Waals surface area contributed by atoms with E-state index in [9.17, 15) is 10.1 Å². The summed E-state index contributed by atoms with van der Waals surface area (Å²) in [5.74, 6) is 0.342. The van der Waals surface area contributed by atoms with Crippen LogP contribution >= 0.6 is 0 Å². The van der Waals surface area contributed by atoms with Gasteiger partial charge in [-0.15, -0.1) is 0 Å². The van der Waals surface area contributed by atoms with Crippen molar-refractivity contribution in [3.05, 3.63) is 28.3 Å². The molecule has 0 spiro atoms. The van der Waals surface area contributed by atoms with Crippen LogP contribution in [0.2, 0.25) is 0 Å². The fourth-order valence-corrected chi connectivity index (χ4v) is 3.03. The van der Waals surface area contributed by atoms with Crippen LogP contribution in [-0.2, 0) is 4.74 Å². The molecule has 2 heterocycles. The van der Waals surface area contributed by atoms with E-state index in [-0.39, 0.29) is 22.8 Å².